The second-order valence-corrected chi connectivity index (χ2v) is 11.6. The highest BCUT2D eigenvalue weighted by Crippen LogP contribution is 2.07. The van der Waals surface area contributed by atoms with Gasteiger partial charge < -0.3 is 14.6 Å². The number of hydrogen-bond donors (Lipinski definition) is 1. The van der Waals surface area contributed by atoms with Gasteiger partial charge in [-0.15, -0.1) is 0 Å². The monoisotopic (exact) mass is 662 g/mol. The van der Waals surface area contributed by atoms with Crippen LogP contribution in [0.5, 0.6) is 0 Å². The van der Waals surface area contributed by atoms with Crippen LogP contribution in [0.25, 0.3) is 0 Å². The van der Waals surface area contributed by atoms with E-state index in [0.29, 0.717) is 12.8 Å². The summed E-state index contributed by atoms with van der Waals surface area (Å²) >= 11 is 0. The Balaban J connectivity index is 3.64. The second-order valence-electron chi connectivity index (χ2n) is 11.6. The molecule has 0 aromatic rings. The highest BCUT2D eigenvalue weighted by Gasteiger charge is 2.11. The van der Waals surface area contributed by atoms with E-state index in [2.05, 4.69) is 123 Å². The van der Waals surface area contributed by atoms with Gasteiger partial charge >= 0.3 is 11.9 Å². The number of unbranched alkanes of at least 4 members (excludes halogenated alkanes) is 5. The standard InChI is InChI=1S/C43H66O5/c1-3-5-7-9-11-13-15-17-19-20-21-22-24-26-28-30-32-34-36-38-43(46)48-40-41(44)39-47-42(45)37-35-33-31-29-27-25-23-18-16-14-12-10-8-6-4-2/h5-8,11-14,17-19,21-23,26-29,41,44H,3-4,9-10,15-16,20,24-25,30-40H2,1-2H3/b7-5-,8-6-,13-11-,14-12-,19-17-,22-21-,23-18-,28-26-,29-27-/t41-/m1/s1. The predicted octanol–water partition coefficient (Wildman–Crippen LogP) is 11.5. The molecule has 0 heterocycles. The van der Waals surface area contributed by atoms with E-state index in [-0.39, 0.29) is 25.2 Å². The van der Waals surface area contributed by atoms with Crippen molar-refractivity contribution in [2.24, 2.45) is 0 Å². The van der Waals surface area contributed by atoms with E-state index in [1.54, 1.807) is 0 Å². The molecule has 5 heteroatoms. The number of carbonyl (C=O) groups is 2. The first-order chi connectivity index (χ1) is 23.6. The summed E-state index contributed by atoms with van der Waals surface area (Å²) in [6.07, 6.45) is 54.2. The maximum Gasteiger partial charge on any atom is 0.305 e. The quantitative estimate of drug-likeness (QED) is 0.0454. The Morgan fingerprint density at radius 3 is 1.08 bits per heavy atom. The molecule has 0 amide bonds. The van der Waals surface area contributed by atoms with Crippen molar-refractivity contribution in [2.75, 3.05) is 13.2 Å². The van der Waals surface area contributed by atoms with Crippen molar-refractivity contribution in [3.05, 3.63) is 109 Å². The normalized spacial score (nSPS) is 13.5. The van der Waals surface area contributed by atoms with Crippen molar-refractivity contribution in [3.8, 4) is 0 Å². The smallest absolute Gasteiger partial charge is 0.305 e. The lowest BCUT2D eigenvalue weighted by molar-refractivity contribution is -0.152. The molecule has 0 fully saturated rings. The SMILES string of the molecule is CC/C=C\C/C=C\C/C=C\C/C=C\C/C=C\CCCCCC(=O)OC[C@H](O)COC(=O)CCCC/C=C\C/C=C\C/C=C\C/C=C\CC. The molecule has 0 saturated carbocycles. The minimum atomic E-state index is -1.00. The van der Waals surface area contributed by atoms with Gasteiger partial charge in [0.25, 0.3) is 0 Å². The van der Waals surface area contributed by atoms with Crippen LogP contribution in [0.15, 0.2) is 109 Å². The first-order valence-electron chi connectivity index (χ1n) is 18.4. The summed E-state index contributed by atoms with van der Waals surface area (Å²) in [6, 6.07) is 0. The van der Waals surface area contributed by atoms with E-state index in [1.165, 1.54) is 0 Å². The number of rotatable bonds is 31. The summed E-state index contributed by atoms with van der Waals surface area (Å²) < 4.78 is 10.3. The molecule has 0 saturated heterocycles. The van der Waals surface area contributed by atoms with Crippen LogP contribution in [-0.2, 0) is 19.1 Å². The van der Waals surface area contributed by atoms with Crippen LogP contribution in [0.3, 0.4) is 0 Å². The summed E-state index contributed by atoms with van der Waals surface area (Å²) in [6.45, 7) is 3.98. The van der Waals surface area contributed by atoms with Gasteiger partial charge in [-0.2, -0.15) is 0 Å². The molecule has 0 bridgehead atoms. The van der Waals surface area contributed by atoms with Crippen LogP contribution < -0.4 is 0 Å². The fourth-order valence-electron chi connectivity index (χ4n) is 4.28. The minimum absolute atomic E-state index is 0.155. The minimum Gasteiger partial charge on any atom is -0.463 e. The molecule has 0 rings (SSSR count). The molecule has 0 aliphatic heterocycles. The molecule has 1 N–H and O–H groups in total. The maximum absolute atomic E-state index is 11.9. The van der Waals surface area contributed by atoms with E-state index >= 15 is 0 Å². The predicted molar refractivity (Wildman–Crippen MR) is 205 cm³/mol. The largest absolute Gasteiger partial charge is 0.463 e. The zero-order valence-corrected chi connectivity index (χ0v) is 30.2. The fourth-order valence-corrected chi connectivity index (χ4v) is 4.28. The van der Waals surface area contributed by atoms with Crippen LogP contribution >= 0.6 is 0 Å². The highest BCUT2D eigenvalue weighted by atomic mass is 16.6. The average Bonchev–Trinajstić information content (AvgIpc) is 3.09. The van der Waals surface area contributed by atoms with Crippen molar-refractivity contribution in [2.45, 2.75) is 136 Å². The Hall–Kier alpha value is -3.44. The van der Waals surface area contributed by atoms with Crippen LogP contribution in [0.4, 0.5) is 0 Å². The van der Waals surface area contributed by atoms with Crippen molar-refractivity contribution in [1.82, 2.24) is 0 Å². The summed E-state index contributed by atoms with van der Waals surface area (Å²) in [4.78, 5) is 23.9. The van der Waals surface area contributed by atoms with Crippen molar-refractivity contribution in [3.63, 3.8) is 0 Å². The van der Waals surface area contributed by atoms with Crippen molar-refractivity contribution in [1.29, 1.82) is 0 Å². The molecule has 0 spiro atoms. The lowest BCUT2D eigenvalue weighted by Gasteiger charge is -2.12. The first kappa shape index (κ1) is 44.6. The van der Waals surface area contributed by atoms with Crippen LogP contribution in [-0.4, -0.2) is 36.4 Å². The molecular weight excluding hydrogens is 596 g/mol. The molecular formula is C43H66O5. The molecule has 48 heavy (non-hydrogen) atoms. The van der Waals surface area contributed by atoms with Crippen LogP contribution in [0.2, 0.25) is 0 Å². The molecule has 0 aromatic heterocycles. The molecule has 0 unspecified atom stereocenters. The van der Waals surface area contributed by atoms with E-state index < -0.39 is 6.10 Å². The van der Waals surface area contributed by atoms with E-state index in [0.717, 1.165) is 103 Å². The lowest BCUT2D eigenvalue weighted by Crippen LogP contribution is -2.25. The van der Waals surface area contributed by atoms with Gasteiger partial charge in [0, 0.05) is 12.8 Å². The van der Waals surface area contributed by atoms with Crippen molar-refractivity contribution >= 4 is 11.9 Å². The molecule has 1 atom stereocenters. The van der Waals surface area contributed by atoms with Gasteiger partial charge in [0.1, 0.15) is 19.3 Å². The highest BCUT2D eigenvalue weighted by molar-refractivity contribution is 5.69. The van der Waals surface area contributed by atoms with Gasteiger partial charge in [0.15, 0.2) is 0 Å². The van der Waals surface area contributed by atoms with Gasteiger partial charge in [-0.05, 0) is 96.3 Å². The third-order valence-electron chi connectivity index (χ3n) is 7.00. The summed E-state index contributed by atoms with van der Waals surface area (Å²) in [5, 5.41) is 9.99. The van der Waals surface area contributed by atoms with Gasteiger partial charge in [-0.25, -0.2) is 0 Å². The number of aliphatic hydroxyl groups excluding tert-OH is 1. The maximum atomic E-state index is 11.9. The fraction of sp³-hybridized carbons (Fsp3) is 0.535. The zero-order chi connectivity index (χ0) is 35.0. The summed E-state index contributed by atoms with van der Waals surface area (Å²) in [5.41, 5.74) is 0. The Bertz CT molecular complexity index is 1020. The third-order valence-corrected chi connectivity index (χ3v) is 7.00. The van der Waals surface area contributed by atoms with Gasteiger partial charge in [-0.3, -0.25) is 9.59 Å². The van der Waals surface area contributed by atoms with E-state index in [9.17, 15) is 14.7 Å². The average molecular weight is 663 g/mol. The van der Waals surface area contributed by atoms with Gasteiger partial charge in [-0.1, -0.05) is 130 Å². The number of aliphatic hydroxyl groups is 1. The molecule has 0 aliphatic carbocycles. The number of ether oxygens (including phenoxy) is 2. The number of hydrogen-bond acceptors (Lipinski definition) is 5. The van der Waals surface area contributed by atoms with Crippen LogP contribution in [0.1, 0.15) is 129 Å². The molecule has 0 aromatic carbocycles. The van der Waals surface area contributed by atoms with Gasteiger partial charge in [0.05, 0.1) is 0 Å². The first-order valence-corrected chi connectivity index (χ1v) is 18.4. The van der Waals surface area contributed by atoms with Gasteiger partial charge in [0.2, 0.25) is 0 Å². The molecule has 0 aliphatic rings. The van der Waals surface area contributed by atoms with Crippen molar-refractivity contribution < 1.29 is 24.2 Å². The topological polar surface area (TPSA) is 72.8 Å². The lowest BCUT2D eigenvalue weighted by atomic mass is 10.1. The Morgan fingerprint density at radius 2 is 0.729 bits per heavy atom. The second kappa shape index (κ2) is 38.0. The van der Waals surface area contributed by atoms with E-state index in [1.807, 2.05) is 0 Å². The van der Waals surface area contributed by atoms with Crippen LogP contribution in [0, 0.1) is 0 Å². The summed E-state index contributed by atoms with van der Waals surface area (Å²) in [7, 11) is 0. The summed E-state index contributed by atoms with van der Waals surface area (Å²) in [5.74, 6) is -0.663. The Morgan fingerprint density at radius 1 is 0.438 bits per heavy atom. The number of esters is 2. The molecule has 5 nitrogen and oxygen atoms in total. The number of allylic oxidation sites excluding steroid dienone is 18. The Kier molecular flexibility index (Phi) is 35.3. The zero-order valence-electron chi connectivity index (χ0n) is 30.2. The third kappa shape index (κ3) is 37.0. The van der Waals surface area contributed by atoms with E-state index in [4.69, 9.17) is 9.47 Å². The number of carbonyl (C=O) groups excluding carboxylic acids is 2. The molecule has 0 radical (unpaired) electrons. The molecule has 268 valence electrons. The Labute approximate surface area is 293 Å².